The maximum absolute atomic E-state index is 12.0. The molecule has 0 radical (unpaired) electrons. The normalized spacial score (nSPS) is 13.1. The lowest BCUT2D eigenvalue weighted by Crippen LogP contribution is -1.95. The van der Waals surface area contributed by atoms with Crippen LogP contribution in [0.5, 0.6) is 0 Å². The number of rotatable bonds is 3. The van der Waals surface area contributed by atoms with Crippen molar-refractivity contribution in [3.8, 4) is 22.5 Å². The molecule has 0 bridgehead atoms. The highest BCUT2D eigenvalue weighted by atomic mass is 16.1. The molecule has 3 aromatic heterocycles. The van der Waals surface area contributed by atoms with Gasteiger partial charge in [-0.25, -0.2) is 0 Å². The van der Waals surface area contributed by atoms with Crippen molar-refractivity contribution in [2.75, 3.05) is 0 Å². The van der Waals surface area contributed by atoms with E-state index in [4.69, 9.17) is 10.1 Å². The van der Waals surface area contributed by atoms with Crippen molar-refractivity contribution in [1.82, 2.24) is 19.7 Å². The predicted molar refractivity (Wildman–Crippen MR) is 109 cm³/mol. The molecule has 0 unspecified atom stereocenters. The minimum Gasteiger partial charge on any atom is -0.295 e. The number of aryl methyl sites for hydroxylation is 2. The minimum absolute atomic E-state index is 0.0533. The molecule has 0 spiro atoms. The molecular formula is C23H20N4O. The number of carbonyl (C=O) groups is 1. The first-order valence-electron chi connectivity index (χ1n) is 9.55. The lowest BCUT2D eigenvalue weighted by atomic mass is 9.95. The second-order valence-corrected chi connectivity index (χ2v) is 7.31. The average molecular weight is 368 g/mol. The first-order chi connectivity index (χ1) is 13.6. The number of carbonyl (C=O) groups excluding carboxylic acids is 1. The third-order valence-electron chi connectivity index (χ3n) is 5.39. The van der Waals surface area contributed by atoms with Crippen LogP contribution in [-0.2, 0) is 13.0 Å². The lowest BCUT2D eigenvalue weighted by molar-refractivity contribution is 0.101. The van der Waals surface area contributed by atoms with E-state index < -0.39 is 0 Å². The Bertz CT molecular complexity index is 1240. The Kier molecular flexibility index (Phi) is 3.83. The van der Waals surface area contributed by atoms with E-state index in [0.29, 0.717) is 5.56 Å². The van der Waals surface area contributed by atoms with Gasteiger partial charge in [0.25, 0.3) is 0 Å². The molecular weight excluding hydrogens is 348 g/mol. The SMILES string of the molecule is CC(=O)c1ccc2nccc(-c3c(-c4cccc(C)n4)nn4c3CCC4)c2c1. The zero-order valence-electron chi connectivity index (χ0n) is 15.9. The summed E-state index contributed by atoms with van der Waals surface area (Å²) in [5, 5.41) is 5.89. The Labute approximate surface area is 163 Å². The van der Waals surface area contributed by atoms with E-state index >= 15 is 0 Å². The number of ketones is 1. The number of hydrogen-bond acceptors (Lipinski definition) is 4. The molecule has 0 N–H and O–H groups in total. The van der Waals surface area contributed by atoms with Crippen molar-refractivity contribution in [3.63, 3.8) is 0 Å². The summed E-state index contributed by atoms with van der Waals surface area (Å²) in [5.41, 5.74) is 7.74. The number of Topliss-reactive ketones (excluding diaryl/α,β-unsaturated/α-hetero) is 1. The van der Waals surface area contributed by atoms with Crippen molar-refractivity contribution in [2.45, 2.75) is 33.2 Å². The van der Waals surface area contributed by atoms with Crippen LogP contribution in [-0.4, -0.2) is 25.5 Å². The van der Waals surface area contributed by atoms with Crippen molar-refractivity contribution in [1.29, 1.82) is 0 Å². The Morgan fingerprint density at radius 1 is 1.14 bits per heavy atom. The number of benzene rings is 1. The van der Waals surface area contributed by atoms with Crippen molar-refractivity contribution in [2.24, 2.45) is 0 Å². The third-order valence-corrected chi connectivity index (χ3v) is 5.39. The first kappa shape index (κ1) is 16.8. The Morgan fingerprint density at radius 3 is 2.86 bits per heavy atom. The van der Waals surface area contributed by atoms with Crippen LogP contribution in [0.2, 0.25) is 0 Å². The van der Waals surface area contributed by atoms with Gasteiger partial charge >= 0.3 is 0 Å². The monoisotopic (exact) mass is 368 g/mol. The topological polar surface area (TPSA) is 60.7 Å². The molecule has 1 aromatic carbocycles. The molecule has 138 valence electrons. The number of nitrogens with zero attached hydrogens (tertiary/aromatic N) is 4. The summed E-state index contributed by atoms with van der Waals surface area (Å²) in [6.07, 6.45) is 3.92. The van der Waals surface area contributed by atoms with Crippen LogP contribution in [0.4, 0.5) is 0 Å². The maximum Gasteiger partial charge on any atom is 0.159 e. The van der Waals surface area contributed by atoms with Crippen LogP contribution in [0.3, 0.4) is 0 Å². The highest BCUT2D eigenvalue weighted by molar-refractivity contribution is 6.03. The van der Waals surface area contributed by atoms with Gasteiger partial charge in [-0.15, -0.1) is 0 Å². The molecule has 0 saturated heterocycles. The molecule has 5 rings (SSSR count). The van der Waals surface area contributed by atoms with Crippen LogP contribution in [0, 0.1) is 6.92 Å². The molecule has 5 heteroatoms. The van der Waals surface area contributed by atoms with Gasteiger partial charge in [0.15, 0.2) is 5.78 Å². The van der Waals surface area contributed by atoms with Crippen LogP contribution in [0.15, 0.2) is 48.7 Å². The summed E-state index contributed by atoms with van der Waals surface area (Å²) in [7, 11) is 0. The molecule has 1 aliphatic heterocycles. The zero-order chi connectivity index (χ0) is 19.3. The van der Waals surface area contributed by atoms with E-state index in [1.54, 1.807) is 6.92 Å². The van der Waals surface area contributed by atoms with E-state index in [9.17, 15) is 4.79 Å². The largest absolute Gasteiger partial charge is 0.295 e. The first-order valence-corrected chi connectivity index (χ1v) is 9.55. The molecule has 0 saturated carbocycles. The fourth-order valence-corrected chi connectivity index (χ4v) is 4.05. The molecule has 28 heavy (non-hydrogen) atoms. The van der Waals surface area contributed by atoms with E-state index in [1.165, 1.54) is 5.69 Å². The highest BCUT2D eigenvalue weighted by Crippen LogP contribution is 2.39. The molecule has 4 aromatic rings. The Morgan fingerprint density at radius 2 is 2.04 bits per heavy atom. The molecule has 5 nitrogen and oxygen atoms in total. The Hall–Kier alpha value is -3.34. The number of hydrogen-bond donors (Lipinski definition) is 0. The molecule has 0 aliphatic carbocycles. The lowest BCUT2D eigenvalue weighted by Gasteiger charge is -2.10. The zero-order valence-corrected chi connectivity index (χ0v) is 15.9. The number of fused-ring (bicyclic) bond motifs is 2. The fourth-order valence-electron chi connectivity index (χ4n) is 4.05. The molecule has 1 aliphatic rings. The van der Waals surface area contributed by atoms with Crippen molar-refractivity contribution >= 4 is 16.7 Å². The van der Waals surface area contributed by atoms with Crippen LogP contribution in [0.25, 0.3) is 33.4 Å². The van der Waals surface area contributed by atoms with E-state index in [2.05, 4.69) is 9.67 Å². The van der Waals surface area contributed by atoms with Crippen LogP contribution < -0.4 is 0 Å². The minimum atomic E-state index is 0.0533. The van der Waals surface area contributed by atoms with Gasteiger partial charge in [-0.2, -0.15) is 5.10 Å². The van der Waals surface area contributed by atoms with Crippen molar-refractivity contribution in [3.05, 3.63) is 65.6 Å². The van der Waals surface area contributed by atoms with Crippen LogP contribution >= 0.6 is 0 Å². The van der Waals surface area contributed by atoms with Gasteiger partial charge in [-0.05, 0) is 68.7 Å². The smallest absolute Gasteiger partial charge is 0.159 e. The summed E-state index contributed by atoms with van der Waals surface area (Å²) in [6, 6.07) is 13.8. The Balaban J connectivity index is 1.83. The molecule has 0 atom stereocenters. The third kappa shape index (κ3) is 2.62. The van der Waals surface area contributed by atoms with Gasteiger partial charge in [0, 0.05) is 40.6 Å². The van der Waals surface area contributed by atoms with Gasteiger partial charge in [-0.3, -0.25) is 19.4 Å². The number of pyridine rings is 2. The van der Waals surface area contributed by atoms with E-state index in [-0.39, 0.29) is 5.78 Å². The molecule has 4 heterocycles. The quantitative estimate of drug-likeness (QED) is 0.495. The second kappa shape index (κ2) is 6.37. The average Bonchev–Trinajstić information content (AvgIpc) is 3.28. The van der Waals surface area contributed by atoms with E-state index in [0.717, 1.165) is 58.5 Å². The van der Waals surface area contributed by atoms with Gasteiger partial charge in [0.1, 0.15) is 5.69 Å². The van der Waals surface area contributed by atoms with Gasteiger partial charge in [-0.1, -0.05) is 6.07 Å². The summed E-state index contributed by atoms with van der Waals surface area (Å²) < 4.78 is 2.11. The predicted octanol–water partition coefficient (Wildman–Crippen LogP) is 4.62. The van der Waals surface area contributed by atoms with Gasteiger partial charge in [0.2, 0.25) is 0 Å². The maximum atomic E-state index is 12.0. The summed E-state index contributed by atoms with van der Waals surface area (Å²) in [6.45, 7) is 4.51. The van der Waals surface area contributed by atoms with E-state index in [1.807, 2.05) is 55.6 Å². The standard InChI is InChI=1S/C23H20N4O/c1-14-5-3-6-20(25-14)23-22(21-7-4-12-27(21)26-23)17-10-11-24-19-9-8-16(15(2)28)13-18(17)19/h3,5-6,8-11,13H,4,7,12H2,1-2H3. The highest BCUT2D eigenvalue weighted by Gasteiger charge is 2.25. The fraction of sp³-hybridized carbons (Fsp3) is 0.217. The molecule has 0 amide bonds. The van der Waals surface area contributed by atoms with Gasteiger partial charge in [0.05, 0.1) is 11.2 Å². The summed E-state index contributed by atoms with van der Waals surface area (Å²) in [5.74, 6) is 0.0533. The second-order valence-electron chi connectivity index (χ2n) is 7.31. The molecule has 0 fully saturated rings. The van der Waals surface area contributed by atoms with Crippen LogP contribution in [0.1, 0.15) is 35.1 Å². The summed E-state index contributed by atoms with van der Waals surface area (Å²) >= 11 is 0. The number of aromatic nitrogens is 4. The summed E-state index contributed by atoms with van der Waals surface area (Å²) in [4.78, 5) is 21.2. The van der Waals surface area contributed by atoms with Gasteiger partial charge < -0.3 is 0 Å². The van der Waals surface area contributed by atoms with Crippen molar-refractivity contribution < 1.29 is 4.79 Å².